The van der Waals surface area contributed by atoms with Crippen molar-refractivity contribution in [2.24, 2.45) is 0 Å². The second kappa shape index (κ2) is 12.7. The third-order valence-corrected chi connectivity index (χ3v) is 67.6. The van der Waals surface area contributed by atoms with Gasteiger partial charge in [0.2, 0.25) is 0 Å². The van der Waals surface area contributed by atoms with Crippen molar-refractivity contribution in [3.05, 3.63) is 160 Å². The van der Waals surface area contributed by atoms with Crippen molar-refractivity contribution in [2.75, 3.05) is 0 Å². The maximum atomic E-state index is 2.85. The summed E-state index contributed by atoms with van der Waals surface area (Å²) in [5.41, 5.74) is 16.3. The Balaban J connectivity index is 1.42. The molecule has 0 aliphatic heterocycles. The fourth-order valence-electron chi connectivity index (χ4n) is 9.36. The van der Waals surface area contributed by atoms with Gasteiger partial charge in [-0.05, 0) is 0 Å². The minimum atomic E-state index is -4.12. The van der Waals surface area contributed by atoms with Gasteiger partial charge in [0.25, 0.3) is 0 Å². The second-order valence-electron chi connectivity index (χ2n) is 18.5. The van der Waals surface area contributed by atoms with Crippen LogP contribution in [0.5, 0.6) is 0 Å². The minimum absolute atomic E-state index is 0.134. The van der Waals surface area contributed by atoms with E-state index in [0.29, 0.717) is 7.35 Å². The average molecular weight is 852 g/mol. The predicted molar refractivity (Wildman–Crippen MR) is 224 cm³/mol. The zero-order valence-corrected chi connectivity index (χ0v) is 37.4. The molecule has 2 aliphatic rings. The van der Waals surface area contributed by atoms with Crippen LogP contribution in [0.4, 0.5) is 0 Å². The summed E-state index contributed by atoms with van der Waals surface area (Å²) in [6.07, 6.45) is 10.3. The van der Waals surface area contributed by atoms with Crippen LogP contribution in [0.25, 0.3) is 34.4 Å². The second-order valence-corrected chi connectivity index (χ2v) is 64.5. The standard InChI is InChI=1S/2C20H21.C7H8Si.2CH3.Hf/c2*1-14-13-16(20(2,3)4)11-12-17(14)19-10-6-8-15-7-5-9-18(15)19;1-8-7-5-3-2-4-6-7;;;/h2*5-13H,1-4H3;2-6H,1H3;2*1H3;. The van der Waals surface area contributed by atoms with Crippen molar-refractivity contribution in [1.82, 2.24) is 0 Å². The van der Waals surface area contributed by atoms with Gasteiger partial charge in [-0.2, -0.15) is 0 Å². The molecular formula is C49H56HfSi. The molecule has 0 aromatic heterocycles. The fraction of sp³-hybridized carbons (Fsp3) is 0.306. The summed E-state index contributed by atoms with van der Waals surface area (Å²) in [6.45, 7) is 21.1. The first-order chi connectivity index (χ1) is 24.0. The summed E-state index contributed by atoms with van der Waals surface area (Å²) in [5.74, 6) is 0. The molecule has 0 fully saturated rings. The number of allylic oxidation sites excluding steroid dienone is 2. The molecule has 0 N–H and O–H groups in total. The molecule has 2 heteroatoms. The van der Waals surface area contributed by atoms with Gasteiger partial charge < -0.3 is 0 Å². The van der Waals surface area contributed by atoms with E-state index in [2.05, 4.69) is 199 Å². The topological polar surface area (TPSA) is 0 Å². The first-order valence-electron chi connectivity index (χ1n) is 18.9. The molecule has 0 spiro atoms. The van der Waals surface area contributed by atoms with Crippen molar-refractivity contribution < 1.29 is 17.1 Å². The number of hydrogen-bond acceptors (Lipinski definition) is 0. The SMILES string of the molecule is Cc1cc(C(C)(C)C)ccc1-c1cccc2c1C=C[CH]2[Hf]([CH3])([CH3])([CH]1C=Cc2c(-c3ccc(C(C)(C)C)cc3C)cccc21)=[Si](C)c1ccccc1. The number of hydrogen-bond donors (Lipinski definition) is 0. The van der Waals surface area contributed by atoms with E-state index in [1.807, 2.05) is 0 Å². The van der Waals surface area contributed by atoms with Crippen molar-refractivity contribution in [3.8, 4) is 22.3 Å². The van der Waals surface area contributed by atoms with Crippen LogP contribution in [0.15, 0.2) is 115 Å². The average Bonchev–Trinajstić information content (AvgIpc) is 3.74. The molecule has 0 saturated carbocycles. The van der Waals surface area contributed by atoms with Crippen molar-refractivity contribution >= 4 is 22.8 Å². The molecule has 260 valence electrons. The molecule has 2 aliphatic carbocycles. The Kier molecular flexibility index (Phi) is 8.95. The summed E-state index contributed by atoms with van der Waals surface area (Å²) in [7, 11) is 0. The third-order valence-electron chi connectivity index (χ3n) is 12.9. The van der Waals surface area contributed by atoms with Gasteiger partial charge in [-0.3, -0.25) is 0 Å². The zero-order valence-electron chi connectivity index (χ0n) is 32.8. The summed E-state index contributed by atoms with van der Waals surface area (Å²) >= 11 is -4.12. The molecule has 0 amide bonds. The quantitative estimate of drug-likeness (QED) is 0.155. The van der Waals surface area contributed by atoms with Crippen molar-refractivity contribution in [3.63, 3.8) is 0 Å². The van der Waals surface area contributed by atoms with E-state index < -0.39 is 22.6 Å². The van der Waals surface area contributed by atoms with Crippen LogP contribution >= 0.6 is 0 Å². The zero-order chi connectivity index (χ0) is 36.5. The van der Waals surface area contributed by atoms with E-state index in [4.69, 9.17) is 0 Å². The van der Waals surface area contributed by atoms with Crippen LogP contribution in [0, 0.1) is 13.8 Å². The predicted octanol–water partition coefficient (Wildman–Crippen LogP) is 13.4. The van der Waals surface area contributed by atoms with E-state index in [0.717, 1.165) is 0 Å². The molecule has 0 bridgehead atoms. The normalized spacial score (nSPS) is 17.1. The number of benzene rings is 5. The van der Waals surface area contributed by atoms with E-state index in [1.54, 1.807) is 16.3 Å². The van der Waals surface area contributed by atoms with Gasteiger partial charge in [-0.15, -0.1) is 0 Å². The van der Waals surface area contributed by atoms with Crippen LogP contribution in [0.2, 0.25) is 15.9 Å². The molecule has 5 aromatic carbocycles. The van der Waals surface area contributed by atoms with Gasteiger partial charge in [0.1, 0.15) is 0 Å². The molecule has 0 saturated heterocycles. The van der Waals surface area contributed by atoms with Crippen LogP contribution in [0.3, 0.4) is 0 Å². The van der Waals surface area contributed by atoms with E-state index in [1.165, 1.54) is 55.6 Å². The molecule has 51 heavy (non-hydrogen) atoms. The van der Waals surface area contributed by atoms with Gasteiger partial charge in [-0.1, -0.05) is 0 Å². The fourth-order valence-corrected chi connectivity index (χ4v) is 52.7. The molecule has 0 nitrogen and oxygen atoms in total. The van der Waals surface area contributed by atoms with Gasteiger partial charge in [0, 0.05) is 0 Å². The summed E-state index contributed by atoms with van der Waals surface area (Å²) in [4.78, 5) is 0. The van der Waals surface area contributed by atoms with Gasteiger partial charge in [0.05, 0.1) is 0 Å². The van der Waals surface area contributed by atoms with Crippen molar-refractivity contribution in [1.29, 1.82) is 0 Å². The maximum absolute atomic E-state index is 4.12. The molecule has 2 unspecified atom stereocenters. The number of rotatable bonds is 5. The van der Waals surface area contributed by atoms with Gasteiger partial charge in [-0.25, -0.2) is 0 Å². The molecule has 0 heterocycles. The first kappa shape index (κ1) is 36.0. The van der Waals surface area contributed by atoms with Crippen LogP contribution in [-0.2, 0) is 28.0 Å². The van der Waals surface area contributed by atoms with Crippen LogP contribution < -0.4 is 5.19 Å². The number of fused-ring (bicyclic) bond motifs is 2. The summed E-state index contributed by atoms with van der Waals surface area (Å²) in [6, 6.07) is 40.2. The van der Waals surface area contributed by atoms with Gasteiger partial charge in [0.15, 0.2) is 0 Å². The van der Waals surface area contributed by atoms with E-state index in [9.17, 15) is 0 Å². The Morgan fingerprint density at radius 1 is 0.510 bits per heavy atom. The Morgan fingerprint density at radius 2 is 0.941 bits per heavy atom. The summed E-state index contributed by atoms with van der Waals surface area (Å²) in [5, 5.41) is 1.58. The van der Waals surface area contributed by atoms with E-state index in [-0.39, 0.29) is 10.8 Å². The Hall–Kier alpha value is -3.33. The Bertz CT molecular complexity index is 2180. The number of aryl methyl sites for hydroxylation is 2. The Morgan fingerprint density at radius 3 is 1.33 bits per heavy atom. The monoisotopic (exact) mass is 852 g/mol. The first-order valence-corrected chi connectivity index (χ1v) is 37.7. The Labute approximate surface area is 309 Å². The third kappa shape index (κ3) is 5.99. The molecule has 0 radical (unpaired) electrons. The molecule has 2 atom stereocenters. The van der Waals surface area contributed by atoms with E-state index >= 15 is 0 Å². The molecule has 5 aromatic rings. The van der Waals surface area contributed by atoms with Crippen LogP contribution in [-0.4, -0.2) is 5.49 Å². The van der Waals surface area contributed by atoms with Gasteiger partial charge >= 0.3 is 311 Å². The molecule has 7 rings (SSSR count). The summed E-state index contributed by atoms with van der Waals surface area (Å²) < 4.78 is 6.61. The molecular weight excluding hydrogens is 795 g/mol. The van der Waals surface area contributed by atoms with Crippen molar-refractivity contribution in [2.45, 2.75) is 89.5 Å². The van der Waals surface area contributed by atoms with Crippen LogP contribution in [0.1, 0.15) is 93.4 Å².